The monoisotopic (exact) mass is 354 g/mol. The van der Waals surface area contributed by atoms with Crippen molar-refractivity contribution in [3.63, 3.8) is 0 Å². The molecule has 1 saturated heterocycles. The maximum absolute atomic E-state index is 12.4. The van der Waals surface area contributed by atoms with Crippen LogP contribution in [0.4, 0.5) is 0 Å². The molecule has 1 unspecified atom stereocenters. The number of nitrogens with zero attached hydrogens (tertiary/aromatic N) is 3. The topological polar surface area (TPSA) is 84.4 Å². The summed E-state index contributed by atoms with van der Waals surface area (Å²) in [4.78, 5) is 34.2. The maximum Gasteiger partial charge on any atom is 0.242 e. The largest absolute Gasteiger partial charge is 0.437 e. The Hall–Kier alpha value is -2.96. The summed E-state index contributed by atoms with van der Waals surface area (Å²) in [5, 5.41) is 2.86. The summed E-state index contributed by atoms with van der Waals surface area (Å²) >= 11 is 0. The molecule has 2 amide bonds. The van der Waals surface area contributed by atoms with E-state index in [1.54, 1.807) is 30.3 Å². The van der Waals surface area contributed by atoms with E-state index in [-0.39, 0.29) is 18.4 Å². The number of nitrogens with one attached hydrogen (secondary N) is 1. The molecule has 0 aromatic carbocycles. The van der Waals surface area contributed by atoms with Crippen LogP contribution in [0, 0.1) is 6.92 Å². The molecule has 2 aromatic rings. The van der Waals surface area contributed by atoms with Crippen molar-refractivity contribution in [3.05, 3.63) is 47.9 Å². The van der Waals surface area contributed by atoms with E-state index in [1.807, 2.05) is 25.1 Å². The van der Waals surface area contributed by atoms with Gasteiger partial charge in [0, 0.05) is 37.0 Å². The van der Waals surface area contributed by atoms with E-state index in [4.69, 9.17) is 4.74 Å². The van der Waals surface area contributed by atoms with Gasteiger partial charge in [0.25, 0.3) is 0 Å². The summed E-state index contributed by atoms with van der Waals surface area (Å²) in [6.45, 7) is 4.55. The smallest absolute Gasteiger partial charge is 0.242 e. The Morgan fingerprint density at radius 2 is 2.19 bits per heavy atom. The molecule has 3 rings (SSSR count). The van der Waals surface area contributed by atoms with E-state index in [0.29, 0.717) is 24.6 Å². The third kappa shape index (κ3) is 4.17. The van der Waals surface area contributed by atoms with Crippen LogP contribution in [0.5, 0.6) is 11.6 Å². The molecule has 1 aliphatic rings. The minimum absolute atomic E-state index is 0.0323. The van der Waals surface area contributed by atoms with Gasteiger partial charge in [-0.3, -0.25) is 14.6 Å². The Bertz CT molecular complexity index is 792. The molecular formula is C19H22N4O3. The molecule has 7 heteroatoms. The first kappa shape index (κ1) is 17.8. The first-order valence-electron chi connectivity index (χ1n) is 8.66. The second kappa shape index (κ2) is 7.95. The highest BCUT2D eigenvalue weighted by Crippen LogP contribution is 2.22. The van der Waals surface area contributed by atoms with E-state index in [2.05, 4.69) is 15.3 Å². The van der Waals surface area contributed by atoms with Crippen molar-refractivity contribution in [1.29, 1.82) is 0 Å². The predicted octanol–water partition coefficient (Wildman–Crippen LogP) is 2.20. The number of ether oxygens (including phenoxy) is 1. The average Bonchev–Trinajstić information content (AvgIpc) is 3.08. The van der Waals surface area contributed by atoms with Crippen LogP contribution in [0.3, 0.4) is 0 Å². The van der Waals surface area contributed by atoms with Gasteiger partial charge >= 0.3 is 0 Å². The summed E-state index contributed by atoms with van der Waals surface area (Å²) in [6.07, 6.45) is 4.59. The number of carbonyl (C=O) groups excluding carboxylic acids is 2. The van der Waals surface area contributed by atoms with Gasteiger partial charge in [0.2, 0.25) is 17.7 Å². The minimum Gasteiger partial charge on any atom is -0.437 e. The number of amides is 2. The first-order valence-corrected chi connectivity index (χ1v) is 8.66. The second-order valence-electron chi connectivity index (χ2n) is 6.29. The average molecular weight is 354 g/mol. The van der Waals surface area contributed by atoms with Crippen LogP contribution >= 0.6 is 0 Å². The van der Waals surface area contributed by atoms with Crippen LogP contribution < -0.4 is 10.1 Å². The molecule has 3 heterocycles. The lowest BCUT2D eigenvalue weighted by atomic mass is 10.2. The Kier molecular flexibility index (Phi) is 5.46. The van der Waals surface area contributed by atoms with Gasteiger partial charge in [0.05, 0.1) is 6.20 Å². The van der Waals surface area contributed by atoms with Crippen molar-refractivity contribution in [2.45, 2.75) is 39.3 Å². The van der Waals surface area contributed by atoms with Gasteiger partial charge in [-0.2, -0.15) is 0 Å². The Balaban J connectivity index is 1.63. The molecule has 1 fully saturated rings. The third-order valence-electron chi connectivity index (χ3n) is 4.36. The van der Waals surface area contributed by atoms with E-state index >= 15 is 0 Å². The molecule has 1 atom stereocenters. The normalized spacial score (nSPS) is 15.0. The molecule has 26 heavy (non-hydrogen) atoms. The molecule has 0 aliphatic carbocycles. The number of hydrogen-bond donors (Lipinski definition) is 1. The van der Waals surface area contributed by atoms with Crippen LogP contribution in [0.2, 0.25) is 0 Å². The fourth-order valence-corrected chi connectivity index (χ4v) is 2.83. The molecule has 1 aliphatic heterocycles. The van der Waals surface area contributed by atoms with Crippen molar-refractivity contribution in [1.82, 2.24) is 20.2 Å². The van der Waals surface area contributed by atoms with Crippen molar-refractivity contribution < 1.29 is 14.3 Å². The third-order valence-corrected chi connectivity index (χ3v) is 4.36. The minimum atomic E-state index is -0.479. The lowest BCUT2D eigenvalue weighted by molar-refractivity contribution is -0.136. The van der Waals surface area contributed by atoms with Gasteiger partial charge < -0.3 is 15.0 Å². The summed E-state index contributed by atoms with van der Waals surface area (Å²) in [7, 11) is 0. The highest BCUT2D eigenvalue weighted by molar-refractivity contribution is 5.88. The van der Waals surface area contributed by atoms with Gasteiger partial charge in [-0.1, -0.05) is 6.07 Å². The highest BCUT2D eigenvalue weighted by atomic mass is 16.5. The second-order valence-corrected chi connectivity index (χ2v) is 6.29. The van der Waals surface area contributed by atoms with E-state index in [1.165, 1.54) is 0 Å². The number of aromatic nitrogens is 2. The van der Waals surface area contributed by atoms with Gasteiger partial charge in [-0.25, -0.2) is 4.98 Å². The molecule has 2 aromatic heterocycles. The lowest BCUT2D eigenvalue weighted by Crippen LogP contribution is -2.45. The zero-order chi connectivity index (χ0) is 18.5. The van der Waals surface area contributed by atoms with Crippen LogP contribution in [-0.4, -0.2) is 39.3 Å². The summed E-state index contributed by atoms with van der Waals surface area (Å²) in [5.74, 6) is 0.846. The quantitative estimate of drug-likeness (QED) is 0.860. The molecule has 0 saturated carbocycles. The number of carbonyl (C=O) groups is 2. The number of aryl methyl sites for hydroxylation is 1. The fourth-order valence-electron chi connectivity index (χ4n) is 2.83. The molecular weight excluding hydrogens is 332 g/mol. The standard InChI is InChI=1S/C19H22N4O3/c1-13-7-8-16(12-21-13)26-19-15(5-3-9-20-19)11-22-18(25)14(2)23-10-4-6-17(23)24/h3,5,7-9,12,14H,4,6,10-11H2,1-2H3,(H,22,25). The van der Waals surface area contributed by atoms with Gasteiger partial charge in [-0.15, -0.1) is 0 Å². The van der Waals surface area contributed by atoms with Crippen LogP contribution in [0.1, 0.15) is 31.0 Å². The number of hydrogen-bond acceptors (Lipinski definition) is 5. The molecule has 0 bridgehead atoms. The molecule has 1 N–H and O–H groups in total. The van der Waals surface area contributed by atoms with Gasteiger partial charge in [-0.05, 0) is 38.5 Å². The SMILES string of the molecule is Cc1ccc(Oc2ncccc2CNC(=O)C(C)N2CCCC2=O)cn1. The summed E-state index contributed by atoms with van der Waals surface area (Å²) < 4.78 is 5.78. The molecule has 7 nitrogen and oxygen atoms in total. The molecule has 0 radical (unpaired) electrons. The maximum atomic E-state index is 12.4. The number of rotatable bonds is 6. The Labute approximate surface area is 152 Å². The summed E-state index contributed by atoms with van der Waals surface area (Å²) in [5.41, 5.74) is 1.65. The summed E-state index contributed by atoms with van der Waals surface area (Å²) in [6, 6.07) is 6.83. The van der Waals surface area contributed by atoms with E-state index in [9.17, 15) is 9.59 Å². The Morgan fingerprint density at radius 3 is 2.88 bits per heavy atom. The highest BCUT2D eigenvalue weighted by Gasteiger charge is 2.29. The predicted molar refractivity (Wildman–Crippen MR) is 95.5 cm³/mol. The van der Waals surface area contributed by atoms with E-state index < -0.39 is 6.04 Å². The van der Waals surface area contributed by atoms with Crippen molar-refractivity contribution in [3.8, 4) is 11.6 Å². The lowest BCUT2D eigenvalue weighted by Gasteiger charge is -2.23. The van der Waals surface area contributed by atoms with Gasteiger partial charge in [0.15, 0.2) is 0 Å². The van der Waals surface area contributed by atoms with Crippen molar-refractivity contribution in [2.24, 2.45) is 0 Å². The van der Waals surface area contributed by atoms with E-state index in [0.717, 1.165) is 17.7 Å². The first-order chi connectivity index (χ1) is 12.5. The number of pyridine rings is 2. The van der Waals surface area contributed by atoms with Gasteiger partial charge in [0.1, 0.15) is 11.8 Å². The molecule has 0 spiro atoms. The van der Waals surface area contributed by atoms with Crippen molar-refractivity contribution >= 4 is 11.8 Å². The van der Waals surface area contributed by atoms with Crippen LogP contribution in [0.25, 0.3) is 0 Å². The van der Waals surface area contributed by atoms with Crippen LogP contribution in [0.15, 0.2) is 36.7 Å². The zero-order valence-electron chi connectivity index (χ0n) is 14.9. The number of likely N-dealkylation sites (tertiary alicyclic amines) is 1. The fraction of sp³-hybridized carbons (Fsp3) is 0.368. The van der Waals surface area contributed by atoms with Crippen LogP contribution in [-0.2, 0) is 16.1 Å². The Morgan fingerprint density at radius 1 is 1.35 bits per heavy atom. The van der Waals surface area contributed by atoms with Crippen molar-refractivity contribution in [2.75, 3.05) is 6.54 Å². The zero-order valence-corrected chi connectivity index (χ0v) is 14.9. The molecule has 136 valence electrons.